The molecule has 0 N–H and O–H groups in total. The second-order valence-corrected chi connectivity index (χ2v) is 8.60. The molecule has 2 rings (SSSR count). The number of benzene rings is 1. The van der Waals surface area contributed by atoms with Crippen LogP contribution in [0.4, 0.5) is 13.2 Å². The van der Waals surface area contributed by atoms with Crippen LogP contribution in [0.5, 0.6) is 5.75 Å². The molecule has 0 saturated carbocycles. The highest BCUT2D eigenvalue weighted by Gasteiger charge is 2.30. The van der Waals surface area contributed by atoms with Crippen LogP contribution in [0.2, 0.25) is 0 Å². The Balaban J connectivity index is 2.51. The molecule has 0 saturated heterocycles. The fraction of sp³-hybridized carbons (Fsp3) is 0.375. The van der Waals surface area contributed by atoms with Gasteiger partial charge in [-0.3, -0.25) is 4.79 Å². The van der Waals surface area contributed by atoms with Gasteiger partial charge in [0.05, 0.1) is 17.7 Å². The van der Waals surface area contributed by atoms with E-state index in [9.17, 15) is 26.4 Å². The van der Waals surface area contributed by atoms with Crippen LogP contribution < -0.4 is 10.3 Å². The Morgan fingerprint density at radius 1 is 1.22 bits per heavy atom. The van der Waals surface area contributed by atoms with Gasteiger partial charge in [0.25, 0.3) is 0 Å². The van der Waals surface area contributed by atoms with E-state index in [1.54, 1.807) is 0 Å². The number of aromatic nitrogens is 2. The highest BCUT2D eigenvalue weighted by atomic mass is 32.2. The van der Waals surface area contributed by atoms with Gasteiger partial charge >= 0.3 is 11.7 Å². The van der Waals surface area contributed by atoms with Crippen molar-refractivity contribution in [2.75, 3.05) is 24.9 Å². The van der Waals surface area contributed by atoms with Crippen LogP contribution in [0.1, 0.15) is 0 Å². The van der Waals surface area contributed by atoms with Crippen LogP contribution >= 0.6 is 11.8 Å². The Labute approximate surface area is 158 Å². The molecule has 11 heteroatoms. The van der Waals surface area contributed by atoms with Crippen molar-refractivity contribution in [3.63, 3.8) is 0 Å². The summed E-state index contributed by atoms with van der Waals surface area (Å²) in [5, 5.41) is 3.58. The summed E-state index contributed by atoms with van der Waals surface area (Å²) in [5.74, 6) is 0.281. The average Bonchev–Trinajstić information content (AvgIpc) is 2.56. The van der Waals surface area contributed by atoms with Gasteiger partial charge < -0.3 is 4.74 Å². The van der Waals surface area contributed by atoms with Crippen molar-refractivity contribution < 1.29 is 26.3 Å². The van der Waals surface area contributed by atoms with E-state index in [4.69, 9.17) is 4.74 Å². The molecule has 0 aliphatic carbocycles. The predicted molar refractivity (Wildman–Crippen MR) is 97.0 cm³/mol. The third kappa shape index (κ3) is 5.73. The molecule has 0 radical (unpaired) electrons. The number of halogens is 3. The van der Waals surface area contributed by atoms with Crippen molar-refractivity contribution in [3.05, 3.63) is 40.8 Å². The largest absolute Gasteiger partial charge is 0.486 e. The maximum absolute atomic E-state index is 12.6. The Hall–Kier alpha value is -2.01. The molecule has 148 valence electrons. The van der Waals surface area contributed by atoms with E-state index in [0.717, 1.165) is 12.5 Å². The van der Waals surface area contributed by atoms with Gasteiger partial charge in [0, 0.05) is 17.6 Å². The lowest BCUT2D eigenvalue weighted by Gasteiger charge is -2.14. The minimum Gasteiger partial charge on any atom is -0.486 e. The Kier molecular flexibility index (Phi) is 6.58. The summed E-state index contributed by atoms with van der Waals surface area (Å²) in [7, 11) is -3.41. The summed E-state index contributed by atoms with van der Waals surface area (Å²) < 4.78 is 66.8. The molecule has 0 atom stereocenters. The second-order valence-electron chi connectivity index (χ2n) is 5.60. The standard InChI is InChI=1S/C16H17F3N2O4S2/c1-26-8-7-25-14-13(9-20-21(15(14)22)10-16(17,18)19)11-3-5-12(6-4-11)27(2,23)24/h3-6,9H,7-8,10H2,1-2H3. The van der Waals surface area contributed by atoms with Crippen LogP contribution in [0.15, 0.2) is 40.2 Å². The van der Waals surface area contributed by atoms with Gasteiger partial charge in [-0.1, -0.05) is 12.1 Å². The first-order chi connectivity index (χ1) is 12.5. The topological polar surface area (TPSA) is 78.3 Å². The van der Waals surface area contributed by atoms with Crippen molar-refractivity contribution in [2.24, 2.45) is 0 Å². The van der Waals surface area contributed by atoms with E-state index in [1.807, 2.05) is 6.26 Å². The summed E-state index contributed by atoms with van der Waals surface area (Å²) in [5.41, 5.74) is -0.400. The molecule has 6 nitrogen and oxygen atoms in total. The molecule has 0 bridgehead atoms. The molecular formula is C16H17F3N2O4S2. The maximum Gasteiger partial charge on any atom is 0.408 e. The number of hydrogen-bond acceptors (Lipinski definition) is 6. The molecule has 1 heterocycles. The number of hydrogen-bond donors (Lipinski definition) is 0. The molecule has 0 amide bonds. The summed E-state index contributed by atoms with van der Waals surface area (Å²) >= 11 is 1.45. The third-order valence-electron chi connectivity index (χ3n) is 3.46. The van der Waals surface area contributed by atoms with Gasteiger partial charge in [-0.2, -0.15) is 30.0 Å². The molecule has 0 aliphatic heterocycles. The molecule has 0 spiro atoms. The molecular weight excluding hydrogens is 405 g/mol. The van der Waals surface area contributed by atoms with E-state index in [2.05, 4.69) is 5.10 Å². The van der Waals surface area contributed by atoms with Crippen molar-refractivity contribution in [1.82, 2.24) is 9.78 Å². The zero-order valence-electron chi connectivity index (χ0n) is 14.5. The lowest BCUT2D eigenvalue weighted by Crippen LogP contribution is -2.31. The van der Waals surface area contributed by atoms with Crippen LogP contribution in [-0.4, -0.2) is 49.2 Å². The molecule has 2 aromatic rings. The first-order valence-corrected chi connectivity index (χ1v) is 10.9. The highest BCUT2D eigenvalue weighted by Crippen LogP contribution is 2.28. The molecule has 0 aliphatic rings. The molecule has 0 unspecified atom stereocenters. The number of rotatable bonds is 7. The highest BCUT2D eigenvalue weighted by molar-refractivity contribution is 7.98. The molecule has 1 aromatic carbocycles. The fourth-order valence-electron chi connectivity index (χ4n) is 2.21. The van der Waals surface area contributed by atoms with Gasteiger partial charge in [0.1, 0.15) is 6.54 Å². The predicted octanol–water partition coefficient (Wildman–Crippen LogP) is 2.62. The molecule has 1 aromatic heterocycles. The number of sulfone groups is 1. The quantitative estimate of drug-likeness (QED) is 0.639. The number of ether oxygens (including phenoxy) is 1. The summed E-state index contributed by atoms with van der Waals surface area (Å²) in [6, 6.07) is 5.58. The normalized spacial score (nSPS) is 12.2. The van der Waals surface area contributed by atoms with Crippen LogP contribution in [0.25, 0.3) is 11.1 Å². The zero-order chi connectivity index (χ0) is 20.2. The summed E-state index contributed by atoms with van der Waals surface area (Å²) in [6.07, 6.45) is -0.620. The third-order valence-corrected chi connectivity index (χ3v) is 5.16. The first kappa shape index (κ1) is 21.3. The van der Waals surface area contributed by atoms with Gasteiger partial charge in [0.2, 0.25) is 0 Å². The number of thioether (sulfide) groups is 1. The molecule has 0 fully saturated rings. The monoisotopic (exact) mass is 422 g/mol. The lowest BCUT2D eigenvalue weighted by molar-refractivity contribution is -0.143. The van der Waals surface area contributed by atoms with Gasteiger partial charge in [-0.05, 0) is 24.0 Å². The van der Waals surface area contributed by atoms with Gasteiger partial charge in [-0.15, -0.1) is 0 Å². The van der Waals surface area contributed by atoms with Crippen molar-refractivity contribution in [1.29, 1.82) is 0 Å². The smallest absolute Gasteiger partial charge is 0.408 e. The van der Waals surface area contributed by atoms with E-state index in [0.29, 0.717) is 16.0 Å². The van der Waals surface area contributed by atoms with Crippen LogP contribution in [0.3, 0.4) is 0 Å². The van der Waals surface area contributed by atoms with Crippen LogP contribution in [-0.2, 0) is 16.4 Å². The zero-order valence-corrected chi connectivity index (χ0v) is 16.1. The van der Waals surface area contributed by atoms with E-state index in [-0.39, 0.29) is 22.8 Å². The van der Waals surface area contributed by atoms with Gasteiger partial charge in [0.15, 0.2) is 15.6 Å². The minimum atomic E-state index is -4.61. The Bertz CT molecular complexity index is 955. The fourth-order valence-corrected chi connectivity index (χ4v) is 3.09. The maximum atomic E-state index is 12.6. The van der Waals surface area contributed by atoms with Crippen LogP contribution in [0, 0.1) is 0 Å². The van der Waals surface area contributed by atoms with E-state index >= 15 is 0 Å². The van der Waals surface area contributed by atoms with Gasteiger partial charge in [-0.25, -0.2) is 13.1 Å². The second kappa shape index (κ2) is 8.34. The van der Waals surface area contributed by atoms with E-state index < -0.39 is 28.1 Å². The molecule has 27 heavy (non-hydrogen) atoms. The lowest BCUT2D eigenvalue weighted by atomic mass is 10.1. The Morgan fingerprint density at radius 2 is 1.85 bits per heavy atom. The minimum absolute atomic E-state index is 0.0782. The summed E-state index contributed by atoms with van der Waals surface area (Å²) in [6.45, 7) is -1.40. The number of alkyl halides is 3. The van der Waals surface area contributed by atoms with Crippen molar-refractivity contribution in [2.45, 2.75) is 17.6 Å². The SMILES string of the molecule is CSCCOc1c(-c2ccc(S(C)(=O)=O)cc2)cnn(CC(F)(F)F)c1=O. The van der Waals surface area contributed by atoms with E-state index in [1.165, 1.54) is 36.0 Å². The first-order valence-electron chi connectivity index (χ1n) is 7.62. The number of nitrogens with zero attached hydrogens (tertiary/aromatic N) is 2. The van der Waals surface area contributed by atoms with Crippen molar-refractivity contribution >= 4 is 21.6 Å². The average molecular weight is 422 g/mol. The van der Waals surface area contributed by atoms with Crippen molar-refractivity contribution in [3.8, 4) is 16.9 Å². The Morgan fingerprint density at radius 3 is 2.37 bits per heavy atom. The summed E-state index contributed by atoms with van der Waals surface area (Å²) in [4.78, 5) is 12.5.